The van der Waals surface area contributed by atoms with E-state index >= 15 is 0 Å². The second-order valence-electron chi connectivity index (χ2n) is 16.5. The number of phenols is 2. The molecule has 1 unspecified atom stereocenters. The number of dihydropyridines is 2. The van der Waals surface area contributed by atoms with Gasteiger partial charge in [-0.1, -0.05) is 31.2 Å². The number of hydrogen-bond acceptors (Lipinski definition) is 13. The molecule has 3 aromatic rings. The molecule has 5 heterocycles. The van der Waals surface area contributed by atoms with E-state index in [0.717, 1.165) is 34.9 Å². The van der Waals surface area contributed by atoms with Crippen molar-refractivity contribution < 1.29 is 39.1 Å². The van der Waals surface area contributed by atoms with Crippen molar-refractivity contribution in [2.24, 2.45) is 17.6 Å². The van der Waals surface area contributed by atoms with Crippen molar-refractivity contribution >= 4 is 16.9 Å². The van der Waals surface area contributed by atoms with Gasteiger partial charge in [0.2, 0.25) is 0 Å². The van der Waals surface area contributed by atoms with Crippen LogP contribution in [0.2, 0.25) is 0 Å². The number of nitrogens with two attached hydrogens (primary N) is 1. The molecule has 2 aromatic carbocycles. The summed E-state index contributed by atoms with van der Waals surface area (Å²) in [5, 5.41) is 55.3. The number of fused-ring (bicyclic) bond motifs is 5. The van der Waals surface area contributed by atoms with E-state index in [1.807, 2.05) is 26.1 Å². The smallest absolute Gasteiger partial charge is 0.333 e. The zero-order chi connectivity index (χ0) is 41.7. The Labute approximate surface area is 343 Å². The van der Waals surface area contributed by atoms with E-state index in [0.29, 0.717) is 54.7 Å². The number of ether oxygens (including phenoxy) is 2. The normalized spacial score (nSPS) is 27.5. The molecule has 59 heavy (non-hydrogen) atoms. The highest BCUT2D eigenvalue weighted by atomic mass is 16.6. The predicted molar refractivity (Wildman–Crippen MR) is 222 cm³/mol. The summed E-state index contributed by atoms with van der Waals surface area (Å²) in [6, 6.07) is 6.38. The highest BCUT2D eigenvalue weighted by Crippen LogP contribution is 2.59. The number of phenolic OH excluding ortho intramolecular Hbond substituents is 2. The lowest BCUT2D eigenvalue weighted by atomic mass is 9.65. The quantitative estimate of drug-likeness (QED) is 0.114. The molecule has 1 aliphatic carbocycles. The molecule has 4 bridgehead atoms. The molecular formula is C46H54N4O9. The summed E-state index contributed by atoms with van der Waals surface area (Å²) in [6.07, 6.45) is 11.2. The van der Waals surface area contributed by atoms with Crippen LogP contribution in [0.5, 0.6) is 17.2 Å². The van der Waals surface area contributed by atoms with Crippen molar-refractivity contribution in [3.8, 4) is 17.2 Å². The van der Waals surface area contributed by atoms with Crippen LogP contribution in [0.15, 0.2) is 92.1 Å². The summed E-state index contributed by atoms with van der Waals surface area (Å²) >= 11 is 0. The van der Waals surface area contributed by atoms with E-state index in [2.05, 4.69) is 34.2 Å². The van der Waals surface area contributed by atoms with Crippen molar-refractivity contribution in [2.75, 3.05) is 19.7 Å². The minimum absolute atomic E-state index is 0.000650. The highest BCUT2D eigenvalue weighted by Gasteiger charge is 2.54. The molecule has 0 saturated carbocycles. The Kier molecular flexibility index (Phi) is 10.9. The van der Waals surface area contributed by atoms with Gasteiger partial charge in [-0.15, -0.1) is 0 Å². The van der Waals surface area contributed by atoms with Crippen LogP contribution in [0.4, 0.5) is 0 Å². The summed E-state index contributed by atoms with van der Waals surface area (Å²) in [5.41, 5.74) is 10.6. The Bertz CT molecular complexity index is 2410. The van der Waals surface area contributed by atoms with E-state index in [-0.39, 0.29) is 70.6 Å². The minimum atomic E-state index is -1.25. The second kappa shape index (κ2) is 15.9. The number of aliphatic hydroxyl groups excluding tert-OH is 2. The number of aliphatic hydroxyl groups is 2. The van der Waals surface area contributed by atoms with Gasteiger partial charge in [0, 0.05) is 59.7 Å². The number of aryl methyl sites for hydroxylation is 1. The average Bonchev–Trinajstić information content (AvgIpc) is 3.27. The van der Waals surface area contributed by atoms with Crippen LogP contribution in [-0.2, 0) is 29.0 Å². The third kappa shape index (κ3) is 6.98. The van der Waals surface area contributed by atoms with Crippen LogP contribution in [0.1, 0.15) is 86.8 Å². The molecular weight excluding hydrogens is 753 g/mol. The molecule has 0 radical (unpaired) electrons. The number of carbonyl (C=O) groups excluding carboxylic acids is 1. The molecule has 1 aromatic heterocycles. The maximum atomic E-state index is 14.1. The number of rotatable bonds is 8. The van der Waals surface area contributed by atoms with Gasteiger partial charge in [-0.2, -0.15) is 0 Å². The first-order valence-corrected chi connectivity index (χ1v) is 20.6. The van der Waals surface area contributed by atoms with Gasteiger partial charge in [0.15, 0.2) is 5.43 Å². The summed E-state index contributed by atoms with van der Waals surface area (Å²) in [7, 11) is 0. The number of benzene rings is 2. The van der Waals surface area contributed by atoms with E-state index < -0.39 is 41.5 Å². The van der Waals surface area contributed by atoms with Crippen LogP contribution >= 0.6 is 0 Å². The molecule has 8 rings (SSSR count). The summed E-state index contributed by atoms with van der Waals surface area (Å²) in [6.45, 7) is 7.64. The highest BCUT2D eigenvalue weighted by molar-refractivity contribution is 5.92. The Hall–Kier alpha value is -5.50. The van der Waals surface area contributed by atoms with E-state index in [4.69, 9.17) is 19.6 Å². The number of hydrogen-bond donors (Lipinski definition) is 8. The Morgan fingerprint density at radius 3 is 2.73 bits per heavy atom. The number of esters is 1. The predicted octanol–water partition coefficient (Wildman–Crippen LogP) is 4.78. The first-order chi connectivity index (χ1) is 28.4. The van der Waals surface area contributed by atoms with Gasteiger partial charge in [0.1, 0.15) is 58.1 Å². The maximum absolute atomic E-state index is 14.1. The van der Waals surface area contributed by atoms with Gasteiger partial charge in [0.05, 0.1) is 12.8 Å². The largest absolute Gasteiger partial charge is 0.508 e. The van der Waals surface area contributed by atoms with Gasteiger partial charge < -0.3 is 50.7 Å². The van der Waals surface area contributed by atoms with Gasteiger partial charge >= 0.3 is 5.97 Å². The van der Waals surface area contributed by atoms with Crippen LogP contribution in [-0.4, -0.2) is 64.0 Å². The lowest BCUT2D eigenvalue weighted by molar-refractivity contribution is -0.165. The fourth-order valence-corrected chi connectivity index (χ4v) is 10.0. The van der Waals surface area contributed by atoms with Gasteiger partial charge in [0.25, 0.3) is 0 Å². The second-order valence-corrected chi connectivity index (χ2v) is 16.5. The minimum Gasteiger partial charge on any atom is -0.508 e. The Morgan fingerprint density at radius 1 is 1.20 bits per heavy atom. The fraction of sp³-hybridized carbons (Fsp3) is 0.435. The Morgan fingerprint density at radius 2 is 2.02 bits per heavy atom. The van der Waals surface area contributed by atoms with Gasteiger partial charge in [-0.05, 0) is 105 Å². The molecule has 0 saturated heterocycles. The third-order valence-corrected chi connectivity index (χ3v) is 13.2. The number of nitrogens with one attached hydrogen (secondary N) is 3. The van der Waals surface area contributed by atoms with Crippen LogP contribution in [0.3, 0.4) is 0 Å². The van der Waals surface area contributed by atoms with Crippen molar-refractivity contribution in [1.82, 2.24) is 16.0 Å². The number of aromatic hydroxyl groups is 2. The zero-order valence-corrected chi connectivity index (χ0v) is 33.9. The number of allylic oxidation sites excluding steroid dienone is 5. The number of likely N-dealkylation sites (N-methyl/N-ethyl adjacent to an activating group) is 1. The summed E-state index contributed by atoms with van der Waals surface area (Å²) < 4.78 is 20.3. The van der Waals surface area contributed by atoms with Crippen LogP contribution in [0, 0.1) is 11.8 Å². The molecule has 9 N–H and O–H groups in total. The van der Waals surface area contributed by atoms with Crippen molar-refractivity contribution in [3.05, 3.63) is 121 Å². The zero-order valence-electron chi connectivity index (χ0n) is 33.9. The molecule has 13 nitrogen and oxygen atoms in total. The molecule has 312 valence electrons. The standard InChI is InChI=1S/C46H54N4O9/c1-5-23(3)45(56)58-35-19-32-41(55)39-34(54)18-29(21-51)57-43(39)40-38-30-13-14-49-44(47)37(30)26(9-8-25-10-11-28(53)17-31(25)33(38)22-52)16-27(46(35,4)59-42(32)40)15-24-7-12-36(48-6-2)50-20-24/h5,7,10-13,17-18,20,26-27,33,35-36,38,48-53,55H,6,8-9,14-16,19,21-22,47H2,1-4H3/b23-5-/t26-,27-,33+,35+,36?,38-,46-/m0/s1. The average molecular weight is 807 g/mol. The summed E-state index contributed by atoms with van der Waals surface area (Å²) in [4.78, 5) is 27.9. The summed E-state index contributed by atoms with van der Waals surface area (Å²) in [5.74, 6) is -2.22. The van der Waals surface area contributed by atoms with Gasteiger partial charge in [-0.25, -0.2) is 4.79 Å². The topological polar surface area (TPSA) is 209 Å². The lowest BCUT2D eigenvalue weighted by Crippen LogP contribution is -2.57. The Balaban J connectivity index is 1.48. The first kappa shape index (κ1) is 40.3. The molecule has 0 amide bonds. The maximum Gasteiger partial charge on any atom is 0.333 e. The molecule has 13 heteroatoms. The van der Waals surface area contributed by atoms with E-state index in [1.165, 1.54) is 0 Å². The van der Waals surface area contributed by atoms with Crippen molar-refractivity contribution in [3.63, 3.8) is 0 Å². The first-order valence-electron chi connectivity index (χ1n) is 20.6. The molecule has 0 spiro atoms. The van der Waals surface area contributed by atoms with E-state index in [1.54, 1.807) is 32.1 Å². The lowest BCUT2D eigenvalue weighted by Gasteiger charge is -2.50. The SMILES string of the molecule is C/C=C(/C)C(=O)O[C@@H]1Cc2c3c(c4oc(CO)cc(=O)c4c2O)[C@H]2C4=CCNC(N)=C4[C@@H](CCc4ccc(O)cc4[C@H]2CO)C[C@H](CC2=CNC(NCC)C=C2)[C@]1(C)O3. The van der Waals surface area contributed by atoms with Crippen molar-refractivity contribution in [2.45, 2.75) is 96.1 Å². The van der Waals surface area contributed by atoms with Crippen LogP contribution < -0.4 is 31.8 Å². The van der Waals surface area contributed by atoms with Gasteiger partial charge in [-0.3, -0.25) is 10.1 Å². The molecule has 5 aliphatic rings. The molecule has 7 atom stereocenters. The fourth-order valence-electron chi connectivity index (χ4n) is 10.0. The third-order valence-electron chi connectivity index (χ3n) is 13.2. The van der Waals surface area contributed by atoms with E-state index in [9.17, 15) is 30.0 Å². The van der Waals surface area contributed by atoms with Crippen molar-refractivity contribution in [1.29, 1.82) is 0 Å². The number of carbonyl (C=O) groups is 1. The van der Waals surface area contributed by atoms with Crippen LogP contribution in [0.25, 0.3) is 11.0 Å². The monoisotopic (exact) mass is 806 g/mol. The molecule has 4 aliphatic heterocycles. The molecule has 0 fully saturated rings.